The SMILES string of the molecule is CCOC(=O)C(Cc1ccccc1OCc1cnc2ccc(OC)cc2c1OC(C)C)C(C)=O. The number of ether oxygens (including phenoxy) is 4. The number of para-hydroxylation sites is 1. The van der Waals surface area contributed by atoms with E-state index in [0.717, 1.165) is 22.0 Å². The quantitative estimate of drug-likeness (QED) is 0.294. The molecule has 180 valence electrons. The van der Waals surface area contributed by atoms with Crippen LogP contribution in [0.4, 0.5) is 0 Å². The van der Waals surface area contributed by atoms with Crippen LogP contribution in [0.25, 0.3) is 10.9 Å². The second-order valence-electron chi connectivity index (χ2n) is 8.18. The van der Waals surface area contributed by atoms with Crippen molar-refractivity contribution < 1.29 is 28.5 Å². The molecule has 0 N–H and O–H groups in total. The van der Waals surface area contributed by atoms with Gasteiger partial charge in [0.1, 0.15) is 35.6 Å². The first kappa shape index (κ1) is 25.0. The van der Waals surface area contributed by atoms with Gasteiger partial charge in [-0.05, 0) is 63.9 Å². The lowest BCUT2D eigenvalue weighted by Gasteiger charge is -2.19. The maximum Gasteiger partial charge on any atom is 0.316 e. The van der Waals surface area contributed by atoms with Gasteiger partial charge in [-0.1, -0.05) is 18.2 Å². The van der Waals surface area contributed by atoms with Crippen molar-refractivity contribution in [3.8, 4) is 17.2 Å². The van der Waals surface area contributed by atoms with E-state index in [-0.39, 0.29) is 31.5 Å². The van der Waals surface area contributed by atoms with E-state index in [2.05, 4.69) is 4.98 Å². The Labute approximate surface area is 200 Å². The summed E-state index contributed by atoms with van der Waals surface area (Å²) in [4.78, 5) is 28.9. The van der Waals surface area contributed by atoms with Gasteiger partial charge < -0.3 is 18.9 Å². The summed E-state index contributed by atoms with van der Waals surface area (Å²) < 4.78 is 22.8. The number of methoxy groups -OCH3 is 1. The lowest BCUT2D eigenvalue weighted by atomic mass is 9.95. The summed E-state index contributed by atoms with van der Waals surface area (Å²) in [6, 6.07) is 13.0. The zero-order valence-corrected chi connectivity index (χ0v) is 20.3. The van der Waals surface area contributed by atoms with Crippen molar-refractivity contribution in [3.05, 3.63) is 59.8 Å². The Bertz CT molecular complexity index is 1160. The van der Waals surface area contributed by atoms with Crippen LogP contribution in [-0.4, -0.2) is 36.6 Å². The summed E-state index contributed by atoms with van der Waals surface area (Å²) in [6.07, 6.45) is 1.89. The van der Waals surface area contributed by atoms with Crippen LogP contribution in [0.15, 0.2) is 48.7 Å². The summed E-state index contributed by atoms with van der Waals surface area (Å²) in [5.74, 6) is 0.336. The Hall–Kier alpha value is -3.61. The number of aromatic nitrogens is 1. The fourth-order valence-corrected chi connectivity index (χ4v) is 3.62. The topological polar surface area (TPSA) is 84.0 Å². The summed E-state index contributed by atoms with van der Waals surface area (Å²) in [7, 11) is 1.62. The molecule has 0 saturated heterocycles. The second-order valence-corrected chi connectivity index (χ2v) is 8.18. The molecule has 0 saturated carbocycles. The molecule has 0 fully saturated rings. The third-order valence-electron chi connectivity index (χ3n) is 5.29. The molecule has 0 aliphatic rings. The van der Waals surface area contributed by atoms with Gasteiger partial charge >= 0.3 is 5.97 Å². The van der Waals surface area contributed by atoms with Crippen molar-refractivity contribution in [1.29, 1.82) is 0 Å². The number of ketones is 1. The van der Waals surface area contributed by atoms with Crippen molar-refractivity contribution in [2.24, 2.45) is 5.92 Å². The molecule has 0 aliphatic carbocycles. The number of carbonyl (C=O) groups is 2. The van der Waals surface area contributed by atoms with Crippen molar-refractivity contribution in [1.82, 2.24) is 4.98 Å². The number of nitrogens with zero attached hydrogens (tertiary/aromatic N) is 1. The Kier molecular flexibility index (Phi) is 8.46. The van der Waals surface area contributed by atoms with Crippen LogP contribution < -0.4 is 14.2 Å². The second kappa shape index (κ2) is 11.5. The molecule has 2 aromatic carbocycles. The van der Waals surface area contributed by atoms with Crippen LogP contribution in [0.1, 0.15) is 38.8 Å². The number of rotatable bonds is 11. The summed E-state index contributed by atoms with van der Waals surface area (Å²) in [5, 5.41) is 0.835. The van der Waals surface area contributed by atoms with Gasteiger partial charge in [0.05, 0.1) is 30.9 Å². The molecule has 0 bridgehead atoms. The Morgan fingerprint density at radius 1 is 1.06 bits per heavy atom. The standard InChI is InChI=1S/C27H31NO6/c1-6-32-27(30)22(18(4)29)13-19-9-7-8-10-25(19)33-16-20-15-28-24-12-11-21(31-5)14-23(24)26(20)34-17(2)3/h7-12,14-15,17,22H,6,13,16H2,1-5H3. The van der Waals surface area contributed by atoms with Gasteiger partial charge in [-0.2, -0.15) is 0 Å². The highest BCUT2D eigenvalue weighted by Crippen LogP contribution is 2.33. The largest absolute Gasteiger partial charge is 0.497 e. The molecule has 0 spiro atoms. The Balaban J connectivity index is 1.90. The number of hydrogen-bond acceptors (Lipinski definition) is 7. The van der Waals surface area contributed by atoms with Gasteiger partial charge in [0.2, 0.25) is 0 Å². The third-order valence-corrected chi connectivity index (χ3v) is 5.29. The highest BCUT2D eigenvalue weighted by molar-refractivity contribution is 5.98. The average Bonchev–Trinajstić information content (AvgIpc) is 2.81. The fourth-order valence-electron chi connectivity index (χ4n) is 3.62. The normalized spacial score (nSPS) is 11.8. The van der Waals surface area contributed by atoms with Crippen LogP contribution in [0.3, 0.4) is 0 Å². The molecule has 7 heteroatoms. The highest BCUT2D eigenvalue weighted by atomic mass is 16.5. The molecule has 0 amide bonds. The van der Waals surface area contributed by atoms with E-state index >= 15 is 0 Å². The molecule has 0 radical (unpaired) electrons. The van der Waals surface area contributed by atoms with E-state index in [1.54, 1.807) is 20.2 Å². The smallest absolute Gasteiger partial charge is 0.316 e. The number of carbonyl (C=O) groups excluding carboxylic acids is 2. The lowest BCUT2D eigenvalue weighted by Crippen LogP contribution is -2.26. The van der Waals surface area contributed by atoms with E-state index in [1.807, 2.05) is 56.3 Å². The molecule has 1 heterocycles. The lowest BCUT2D eigenvalue weighted by molar-refractivity contribution is -0.151. The zero-order chi connectivity index (χ0) is 24.7. The van der Waals surface area contributed by atoms with Gasteiger partial charge in [0.15, 0.2) is 0 Å². The van der Waals surface area contributed by atoms with Gasteiger partial charge in [0, 0.05) is 11.6 Å². The minimum absolute atomic E-state index is 0.0521. The molecule has 7 nitrogen and oxygen atoms in total. The number of Topliss-reactive ketones (excluding diaryl/α,β-unsaturated/α-hetero) is 1. The van der Waals surface area contributed by atoms with Crippen molar-refractivity contribution in [2.75, 3.05) is 13.7 Å². The summed E-state index contributed by atoms with van der Waals surface area (Å²) >= 11 is 0. The maximum absolute atomic E-state index is 12.3. The van der Waals surface area contributed by atoms with Gasteiger partial charge in [-0.15, -0.1) is 0 Å². The maximum atomic E-state index is 12.3. The first-order chi connectivity index (χ1) is 16.3. The van der Waals surface area contributed by atoms with Gasteiger partial charge in [-0.25, -0.2) is 0 Å². The number of hydrogen-bond donors (Lipinski definition) is 0. The predicted molar refractivity (Wildman–Crippen MR) is 129 cm³/mol. The first-order valence-electron chi connectivity index (χ1n) is 11.3. The van der Waals surface area contributed by atoms with E-state index in [9.17, 15) is 9.59 Å². The van der Waals surface area contributed by atoms with Crippen molar-refractivity contribution in [2.45, 2.75) is 46.8 Å². The number of benzene rings is 2. The molecule has 1 atom stereocenters. The van der Waals surface area contributed by atoms with Gasteiger partial charge in [-0.3, -0.25) is 14.6 Å². The summed E-state index contributed by atoms with van der Waals surface area (Å²) in [5.41, 5.74) is 2.31. The molecule has 3 aromatic rings. The minimum Gasteiger partial charge on any atom is -0.497 e. The third kappa shape index (κ3) is 6.04. The molecule has 1 aromatic heterocycles. The molecular weight excluding hydrogens is 434 g/mol. The fraction of sp³-hybridized carbons (Fsp3) is 0.370. The number of esters is 1. The van der Waals surface area contributed by atoms with E-state index < -0.39 is 11.9 Å². The van der Waals surface area contributed by atoms with Crippen LogP contribution in [0.2, 0.25) is 0 Å². The minimum atomic E-state index is -0.876. The van der Waals surface area contributed by atoms with Crippen molar-refractivity contribution >= 4 is 22.7 Å². The highest BCUT2D eigenvalue weighted by Gasteiger charge is 2.26. The molecule has 34 heavy (non-hydrogen) atoms. The monoisotopic (exact) mass is 465 g/mol. The molecular formula is C27H31NO6. The predicted octanol–water partition coefficient (Wildman–Crippen LogP) is 4.92. The van der Waals surface area contributed by atoms with Gasteiger partial charge in [0.25, 0.3) is 0 Å². The molecule has 1 unspecified atom stereocenters. The Morgan fingerprint density at radius 3 is 2.50 bits per heavy atom. The van der Waals surface area contributed by atoms with Crippen molar-refractivity contribution in [3.63, 3.8) is 0 Å². The van der Waals surface area contributed by atoms with Crippen LogP contribution in [-0.2, 0) is 27.4 Å². The average molecular weight is 466 g/mol. The zero-order valence-electron chi connectivity index (χ0n) is 20.3. The number of pyridine rings is 1. The first-order valence-corrected chi connectivity index (χ1v) is 11.3. The molecule has 0 aliphatic heterocycles. The van der Waals surface area contributed by atoms with Crippen LogP contribution >= 0.6 is 0 Å². The van der Waals surface area contributed by atoms with Crippen LogP contribution in [0.5, 0.6) is 17.2 Å². The van der Waals surface area contributed by atoms with E-state index in [1.165, 1.54) is 6.92 Å². The molecule has 3 rings (SSSR count). The van der Waals surface area contributed by atoms with E-state index in [4.69, 9.17) is 18.9 Å². The van der Waals surface area contributed by atoms with E-state index in [0.29, 0.717) is 17.2 Å². The van der Waals surface area contributed by atoms with Crippen LogP contribution in [0, 0.1) is 5.92 Å². The Morgan fingerprint density at radius 2 is 1.82 bits per heavy atom. The number of fused-ring (bicyclic) bond motifs is 1. The summed E-state index contributed by atoms with van der Waals surface area (Å²) in [6.45, 7) is 7.46.